The Bertz CT molecular complexity index is 1340. The summed E-state index contributed by atoms with van der Waals surface area (Å²) < 4.78 is 17.7. The van der Waals surface area contributed by atoms with E-state index >= 15 is 0 Å². The first kappa shape index (κ1) is 23.7. The van der Waals surface area contributed by atoms with Crippen molar-refractivity contribution in [3.63, 3.8) is 0 Å². The molecular formula is C26H26N4O5. The second-order valence-electron chi connectivity index (χ2n) is 7.90. The third-order valence-electron chi connectivity index (χ3n) is 5.54. The van der Waals surface area contributed by atoms with E-state index in [2.05, 4.69) is 15.6 Å². The van der Waals surface area contributed by atoms with Gasteiger partial charge in [-0.15, -0.1) is 0 Å². The standard InChI is InChI=1S/C26H26N4O5/c1-5-33-26(32)23-14-27-30(17(23)3)21-11-9-20(10-12-21)28-25(31)19-7-6-8-22(13-19)34-15-24-16(2)29-35-18(24)4/h6-14H,5,15H2,1-4H3,(H,28,31). The number of rotatable bonds is 8. The minimum Gasteiger partial charge on any atom is -0.489 e. The highest BCUT2D eigenvalue weighted by Crippen LogP contribution is 2.21. The molecule has 2 aromatic carbocycles. The Balaban J connectivity index is 1.42. The van der Waals surface area contributed by atoms with Crippen LogP contribution in [0.2, 0.25) is 0 Å². The molecular weight excluding hydrogens is 448 g/mol. The van der Waals surface area contributed by atoms with Gasteiger partial charge in [0.25, 0.3) is 5.91 Å². The lowest BCUT2D eigenvalue weighted by Crippen LogP contribution is -2.12. The van der Waals surface area contributed by atoms with Gasteiger partial charge in [0.2, 0.25) is 0 Å². The van der Waals surface area contributed by atoms with Crippen molar-refractivity contribution in [3.8, 4) is 11.4 Å². The molecule has 9 nitrogen and oxygen atoms in total. The molecule has 0 saturated carbocycles. The molecule has 4 aromatic rings. The van der Waals surface area contributed by atoms with Crippen LogP contribution in [0.3, 0.4) is 0 Å². The van der Waals surface area contributed by atoms with E-state index < -0.39 is 5.97 Å². The number of aromatic nitrogens is 3. The number of carbonyl (C=O) groups is 2. The number of hydrogen-bond acceptors (Lipinski definition) is 7. The first-order valence-corrected chi connectivity index (χ1v) is 11.2. The maximum Gasteiger partial charge on any atom is 0.341 e. The predicted octanol–water partition coefficient (Wildman–Crippen LogP) is 4.79. The Morgan fingerprint density at radius 1 is 1.09 bits per heavy atom. The van der Waals surface area contributed by atoms with Gasteiger partial charge in [-0.2, -0.15) is 5.10 Å². The van der Waals surface area contributed by atoms with E-state index in [0.29, 0.717) is 47.2 Å². The van der Waals surface area contributed by atoms with Crippen molar-refractivity contribution >= 4 is 17.6 Å². The highest BCUT2D eigenvalue weighted by atomic mass is 16.5. The highest BCUT2D eigenvalue weighted by molar-refractivity contribution is 6.04. The summed E-state index contributed by atoms with van der Waals surface area (Å²) in [6.45, 7) is 7.86. The smallest absolute Gasteiger partial charge is 0.341 e. The summed E-state index contributed by atoms with van der Waals surface area (Å²) in [7, 11) is 0. The van der Waals surface area contributed by atoms with Crippen molar-refractivity contribution in [2.75, 3.05) is 11.9 Å². The van der Waals surface area contributed by atoms with Crippen molar-refractivity contribution in [3.05, 3.63) is 88.6 Å². The van der Waals surface area contributed by atoms with E-state index in [-0.39, 0.29) is 5.91 Å². The van der Waals surface area contributed by atoms with Crippen LogP contribution < -0.4 is 10.1 Å². The summed E-state index contributed by atoms with van der Waals surface area (Å²) in [6.07, 6.45) is 1.49. The molecule has 0 aliphatic rings. The molecule has 0 radical (unpaired) electrons. The Hall–Kier alpha value is -4.40. The number of nitrogens with one attached hydrogen (secondary N) is 1. The van der Waals surface area contributed by atoms with Gasteiger partial charge in [0.1, 0.15) is 23.7 Å². The molecule has 4 rings (SSSR count). The molecule has 0 unspecified atom stereocenters. The number of benzene rings is 2. The second-order valence-corrected chi connectivity index (χ2v) is 7.90. The minimum absolute atomic E-state index is 0.264. The van der Waals surface area contributed by atoms with Gasteiger partial charge in [-0.05, 0) is 70.2 Å². The van der Waals surface area contributed by atoms with Gasteiger partial charge < -0.3 is 19.3 Å². The molecule has 1 amide bonds. The number of anilines is 1. The number of amides is 1. The lowest BCUT2D eigenvalue weighted by Gasteiger charge is -2.10. The summed E-state index contributed by atoms with van der Waals surface area (Å²) in [4.78, 5) is 24.8. The fraction of sp³-hybridized carbons (Fsp3) is 0.231. The molecule has 1 N–H and O–H groups in total. The molecule has 0 saturated heterocycles. The highest BCUT2D eigenvalue weighted by Gasteiger charge is 2.16. The minimum atomic E-state index is -0.405. The summed E-state index contributed by atoms with van der Waals surface area (Å²) in [5, 5.41) is 11.1. The van der Waals surface area contributed by atoms with Crippen LogP contribution in [0.25, 0.3) is 5.69 Å². The zero-order valence-electron chi connectivity index (χ0n) is 20.0. The quantitative estimate of drug-likeness (QED) is 0.366. The Labute approximate surface area is 202 Å². The molecule has 2 aromatic heterocycles. The van der Waals surface area contributed by atoms with Crippen molar-refractivity contribution in [1.29, 1.82) is 0 Å². The van der Waals surface area contributed by atoms with Gasteiger partial charge in [-0.1, -0.05) is 11.2 Å². The van der Waals surface area contributed by atoms with E-state index in [1.54, 1.807) is 54.9 Å². The third kappa shape index (κ3) is 5.24. The number of aryl methyl sites for hydroxylation is 2. The van der Waals surface area contributed by atoms with E-state index in [4.69, 9.17) is 14.0 Å². The van der Waals surface area contributed by atoms with Gasteiger partial charge in [0.05, 0.1) is 35.4 Å². The van der Waals surface area contributed by atoms with E-state index in [0.717, 1.165) is 16.9 Å². The largest absolute Gasteiger partial charge is 0.489 e. The molecule has 0 spiro atoms. The molecule has 2 heterocycles. The van der Waals surface area contributed by atoms with Crippen molar-refractivity contribution in [2.45, 2.75) is 34.3 Å². The zero-order valence-corrected chi connectivity index (χ0v) is 20.0. The molecule has 0 aliphatic heterocycles. The summed E-state index contributed by atoms with van der Waals surface area (Å²) in [5.74, 6) is 0.611. The normalized spacial score (nSPS) is 10.7. The fourth-order valence-electron chi connectivity index (χ4n) is 3.56. The number of carbonyl (C=O) groups excluding carboxylic acids is 2. The monoisotopic (exact) mass is 474 g/mol. The molecule has 0 fully saturated rings. The van der Waals surface area contributed by atoms with Crippen molar-refractivity contribution in [2.24, 2.45) is 0 Å². The van der Waals surface area contributed by atoms with Crippen LogP contribution in [-0.2, 0) is 11.3 Å². The fourth-order valence-corrected chi connectivity index (χ4v) is 3.56. The van der Waals surface area contributed by atoms with Crippen LogP contribution in [0, 0.1) is 20.8 Å². The van der Waals surface area contributed by atoms with Crippen molar-refractivity contribution in [1.82, 2.24) is 14.9 Å². The zero-order chi connectivity index (χ0) is 24.9. The van der Waals surface area contributed by atoms with Crippen LogP contribution in [0.5, 0.6) is 5.75 Å². The molecule has 0 atom stereocenters. The number of ether oxygens (including phenoxy) is 2. The van der Waals surface area contributed by atoms with Gasteiger partial charge in [0, 0.05) is 11.3 Å². The first-order chi connectivity index (χ1) is 16.9. The van der Waals surface area contributed by atoms with Crippen molar-refractivity contribution < 1.29 is 23.6 Å². The molecule has 0 aliphatic carbocycles. The lowest BCUT2D eigenvalue weighted by molar-refractivity contribution is 0.0525. The lowest BCUT2D eigenvalue weighted by atomic mass is 10.2. The molecule has 9 heteroatoms. The summed E-state index contributed by atoms with van der Waals surface area (Å²) in [5.41, 5.74) is 4.60. The maximum absolute atomic E-state index is 12.8. The topological polar surface area (TPSA) is 108 Å². The second kappa shape index (κ2) is 10.3. The summed E-state index contributed by atoms with van der Waals surface area (Å²) >= 11 is 0. The number of hydrogen-bond donors (Lipinski definition) is 1. The van der Waals surface area contributed by atoms with E-state index in [1.807, 2.05) is 26.0 Å². The van der Waals surface area contributed by atoms with Crippen LogP contribution in [0.15, 0.2) is 59.3 Å². The Morgan fingerprint density at radius 3 is 2.54 bits per heavy atom. The van der Waals surface area contributed by atoms with Crippen LogP contribution in [0.1, 0.15) is 50.4 Å². The molecule has 35 heavy (non-hydrogen) atoms. The SMILES string of the molecule is CCOC(=O)c1cnn(-c2ccc(NC(=O)c3cccc(OCc4c(C)noc4C)c3)cc2)c1C. The van der Waals surface area contributed by atoms with E-state index in [1.165, 1.54) is 6.20 Å². The van der Waals surface area contributed by atoms with Crippen LogP contribution in [-0.4, -0.2) is 33.4 Å². The molecule has 0 bridgehead atoms. The molecule has 180 valence electrons. The van der Waals surface area contributed by atoms with Gasteiger partial charge in [-0.3, -0.25) is 4.79 Å². The van der Waals surface area contributed by atoms with Gasteiger partial charge in [-0.25, -0.2) is 9.48 Å². The maximum atomic E-state index is 12.8. The predicted molar refractivity (Wildman–Crippen MR) is 129 cm³/mol. The average molecular weight is 475 g/mol. The third-order valence-corrected chi connectivity index (χ3v) is 5.54. The average Bonchev–Trinajstić information content (AvgIpc) is 3.40. The Kier molecular flexibility index (Phi) is 6.96. The van der Waals surface area contributed by atoms with Gasteiger partial charge >= 0.3 is 5.97 Å². The summed E-state index contributed by atoms with van der Waals surface area (Å²) in [6, 6.07) is 14.1. The number of esters is 1. The van der Waals surface area contributed by atoms with E-state index in [9.17, 15) is 9.59 Å². The number of nitrogens with zero attached hydrogens (tertiary/aromatic N) is 3. The van der Waals surface area contributed by atoms with Crippen LogP contribution >= 0.6 is 0 Å². The van der Waals surface area contributed by atoms with Crippen LogP contribution in [0.4, 0.5) is 5.69 Å². The first-order valence-electron chi connectivity index (χ1n) is 11.2. The van der Waals surface area contributed by atoms with Gasteiger partial charge in [0.15, 0.2) is 0 Å². The Morgan fingerprint density at radius 2 is 1.86 bits per heavy atom.